The molecule has 2 N–H and O–H groups in total. The molecule has 10 heteroatoms. The molecule has 3 heterocycles. The average Bonchev–Trinajstić information content (AvgIpc) is 3.04. The molecule has 34 heavy (non-hydrogen) atoms. The van der Waals surface area contributed by atoms with E-state index < -0.39 is 5.60 Å². The maximum Gasteiger partial charge on any atom is 0.410 e. The largest absolute Gasteiger partial charge is 0.444 e. The number of rotatable bonds is 7. The Morgan fingerprint density at radius 2 is 1.91 bits per heavy atom. The van der Waals surface area contributed by atoms with E-state index >= 15 is 0 Å². The minimum absolute atomic E-state index is 0.164. The highest BCUT2D eigenvalue weighted by molar-refractivity contribution is 7.13. The number of hydroxylamine groups is 2. The molecule has 0 atom stereocenters. The van der Waals surface area contributed by atoms with Crippen LogP contribution in [0, 0.1) is 0 Å². The van der Waals surface area contributed by atoms with Crippen LogP contribution in [0.15, 0.2) is 16.6 Å². The van der Waals surface area contributed by atoms with Crippen LogP contribution in [0.1, 0.15) is 57.2 Å². The van der Waals surface area contributed by atoms with Crippen LogP contribution in [-0.4, -0.2) is 77.6 Å². The highest BCUT2D eigenvalue weighted by Gasteiger charge is 2.27. The summed E-state index contributed by atoms with van der Waals surface area (Å²) >= 11 is 1.62. The quantitative estimate of drug-likeness (QED) is 0.583. The predicted molar refractivity (Wildman–Crippen MR) is 135 cm³/mol. The van der Waals surface area contributed by atoms with Gasteiger partial charge in [-0.15, -0.1) is 11.3 Å². The zero-order chi connectivity index (χ0) is 24.9. The number of hydrogen-bond donors (Lipinski definition) is 1. The van der Waals surface area contributed by atoms with Crippen LogP contribution in [-0.2, 0) is 20.9 Å². The van der Waals surface area contributed by atoms with Crippen molar-refractivity contribution >= 4 is 40.9 Å². The standard InChI is InChI=1S/C24H37N5O4S/c1-6-8-29(32-7-2)22(30)17-13-20-19(26-21(25)14-17)15-18(34-20)16-27-9-11-28(12-10-27)23(31)33-24(3,4)5/h13,15H,6-12,14,16H2,1-5H3,(H2,25,26). The highest BCUT2D eigenvalue weighted by atomic mass is 32.1. The topological polar surface area (TPSA) is 101 Å². The van der Waals surface area contributed by atoms with E-state index in [4.69, 9.17) is 15.3 Å². The van der Waals surface area contributed by atoms with E-state index in [-0.39, 0.29) is 12.0 Å². The van der Waals surface area contributed by atoms with Gasteiger partial charge in [0.25, 0.3) is 5.91 Å². The Kier molecular flexibility index (Phi) is 8.72. The van der Waals surface area contributed by atoms with Crippen molar-refractivity contribution in [1.29, 1.82) is 0 Å². The van der Waals surface area contributed by atoms with Crippen LogP contribution in [0.2, 0.25) is 0 Å². The number of nitrogens with two attached hydrogens (primary N) is 1. The van der Waals surface area contributed by atoms with Gasteiger partial charge in [0.15, 0.2) is 0 Å². The third-order valence-corrected chi connectivity index (χ3v) is 6.40. The van der Waals surface area contributed by atoms with E-state index in [1.807, 2.05) is 46.8 Å². The number of fused-ring (bicyclic) bond motifs is 1. The molecule has 1 aromatic heterocycles. The first kappa shape index (κ1) is 26.2. The van der Waals surface area contributed by atoms with Crippen LogP contribution in [0.4, 0.5) is 10.5 Å². The lowest BCUT2D eigenvalue weighted by atomic mass is 10.1. The van der Waals surface area contributed by atoms with Crippen molar-refractivity contribution in [2.75, 3.05) is 39.3 Å². The van der Waals surface area contributed by atoms with Crippen molar-refractivity contribution in [3.63, 3.8) is 0 Å². The third kappa shape index (κ3) is 7.04. The summed E-state index contributed by atoms with van der Waals surface area (Å²) in [6, 6.07) is 2.05. The van der Waals surface area contributed by atoms with Gasteiger partial charge in [0.2, 0.25) is 0 Å². The van der Waals surface area contributed by atoms with E-state index in [9.17, 15) is 9.59 Å². The van der Waals surface area contributed by atoms with Crippen molar-refractivity contribution in [2.45, 2.75) is 59.6 Å². The number of amidine groups is 1. The van der Waals surface area contributed by atoms with E-state index in [1.165, 1.54) is 5.06 Å². The minimum atomic E-state index is -0.491. The zero-order valence-corrected chi connectivity index (χ0v) is 21.7. The lowest BCUT2D eigenvalue weighted by Crippen LogP contribution is -2.49. The first-order valence-corrected chi connectivity index (χ1v) is 12.7. The van der Waals surface area contributed by atoms with E-state index in [2.05, 4.69) is 9.89 Å². The summed E-state index contributed by atoms with van der Waals surface area (Å²) < 4.78 is 5.48. The number of ether oxygens (including phenoxy) is 1. The molecule has 3 rings (SSSR count). The SMILES string of the molecule is CCCN(OCC)C(=O)C1=Cc2sc(CN3CCN(C(=O)OC(C)(C)C)CC3)cc2N=C(N)C1. The molecule has 1 aromatic rings. The zero-order valence-electron chi connectivity index (χ0n) is 20.9. The van der Waals surface area contributed by atoms with Crippen molar-refractivity contribution < 1.29 is 19.2 Å². The molecule has 0 aliphatic carbocycles. The first-order valence-electron chi connectivity index (χ1n) is 11.9. The predicted octanol–water partition coefficient (Wildman–Crippen LogP) is 3.77. The molecule has 1 saturated heterocycles. The molecule has 0 spiro atoms. The average molecular weight is 492 g/mol. The fraction of sp³-hybridized carbons (Fsp3) is 0.625. The molecule has 2 amide bonds. The van der Waals surface area contributed by atoms with Gasteiger partial charge in [-0.05, 0) is 46.3 Å². The molecule has 0 bridgehead atoms. The van der Waals surface area contributed by atoms with Gasteiger partial charge in [-0.2, -0.15) is 0 Å². The van der Waals surface area contributed by atoms with Crippen molar-refractivity contribution in [3.8, 4) is 0 Å². The van der Waals surface area contributed by atoms with Gasteiger partial charge in [0, 0.05) is 56.1 Å². The smallest absolute Gasteiger partial charge is 0.410 e. The van der Waals surface area contributed by atoms with Gasteiger partial charge in [-0.25, -0.2) is 14.9 Å². The Labute approximate surface area is 206 Å². The number of carbonyl (C=O) groups excluding carboxylic acids is 2. The third-order valence-electron chi connectivity index (χ3n) is 5.35. The molecule has 0 unspecified atom stereocenters. The van der Waals surface area contributed by atoms with Gasteiger partial charge in [-0.1, -0.05) is 6.92 Å². The maximum absolute atomic E-state index is 13.1. The lowest BCUT2D eigenvalue weighted by molar-refractivity contribution is -0.180. The lowest BCUT2D eigenvalue weighted by Gasteiger charge is -2.35. The Hall–Kier alpha value is -2.43. The Morgan fingerprint density at radius 1 is 1.21 bits per heavy atom. The number of piperazine rings is 1. The molecule has 2 aliphatic heterocycles. The van der Waals surface area contributed by atoms with Gasteiger partial charge >= 0.3 is 6.09 Å². The number of hydrogen-bond acceptors (Lipinski definition) is 8. The van der Waals surface area contributed by atoms with E-state index in [0.29, 0.717) is 44.1 Å². The molecule has 1 fully saturated rings. The Bertz CT molecular complexity index is 936. The van der Waals surface area contributed by atoms with Crippen LogP contribution in [0.25, 0.3) is 6.08 Å². The summed E-state index contributed by atoms with van der Waals surface area (Å²) in [6.45, 7) is 14.0. The van der Waals surface area contributed by atoms with E-state index in [0.717, 1.165) is 41.5 Å². The van der Waals surface area contributed by atoms with Crippen molar-refractivity contribution in [1.82, 2.24) is 14.9 Å². The molecule has 9 nitrogen and oxygen atoms in total. The van der Waals surface area contributed by atoms with Gasteiger partial charge in [0.05, 0.1) is 17.2 Å². The van der Waals surface area contributed by atoms with Crippen molar-refractivity contribution in [2.24, 2.45) is 10.7 Å². The summed E-state index contributed by atoms with van der Waals surface area (Å²) in [6.07, 6.45) is 2.75. The normalized spacial score (nSPS) is 16.9. The molecule has 0 radical (unpaired) electrons. The number of amides is 2. The monoisotopic (exact) mass is 491 g/mol. The molecule has 188 valence electrons. The van der Waals surface area contributed by atoms with Gasteiger partial charge < -0.3 is 15.4 Å². The summed E-state index contributed by atoms with van der Waals surface area (Å²) in [5.74, 6) is 0.254. The summed E-state index contributed by atoms with van der Waals surface area (Å²) in [5.41, 5.74) is 7.04. The highest BCUT2D eigenvalue weighted by Crippen LogP contribution is 2.35. The van der Waals surface area contributed by atoms with Crippen LogP contribution in [0.3, 0.4) is 0 Å². The van der Waals surface area contributed by atoms with Crippen LogP contribution in [0.5, 0.6) is 0 Å². The maximum atomic E-state index is 13.1. The molecular formula is C24H37N5O4S. The molecular weight excluding hydrogens is 454 g/mol. The summed E-state index contributed by atoms with van der Waals surface area (Å²) in [4.78, 5) is 41.6. The summed E-state index contributed by atoms with van der Waals surface area (Å²) in [5, 5.41) is 1.42. The summed E-state index contributed by atoms with van der Waals surface area (Å²) in [7, 11) is 0. The fourth-order valence-electron chi connectivity index (χ4n) is 3.83. The minimum Gasteiger partial charge on any atom is -0.444 e. The molecule has 0 aromatic carbocycles. The second kappa shape index (κ2) is 11.3. The Balaban J connectivity index is 1.67. The van der Waals surface area contributed by atoms with Crippen LogP contribution >= 0.6 is 11.3 Å². The Morgan fingerprint density at radius 3 is 2.53 bits per heavy atom. The number of thiophene rings is 1. The number of aliphatic imine (C=N–C) groups is 1. The van der Waals surface area contributed by atoms with E-state index in [1.54, 1.807) is 16.2 Å². The van der Waals surface area contributed by atoms with Gasteiger partial charge in [0.1, 0.15) is 11.4 Å². The second-order valence-corrected chi connectivity index (χ2v) is 10.6. The molecule has 2 aliphatic rings. The molecule has 0 saturated carbocycles. The fourth-order valence-corrected chi connectivity index (χ4v) is 4.94. The van der Waals surface area contributed by atoms with Crippen LogP contribution < -0.4 is 5.73 Å². The first-order chi connectivity index (χ1) is 16.1. The van der Waals surface area contributed by atoms with Crippen molar-refractivity contribution in [3.05, 3.63) is 21.4 Å². The number of nitrogens with zero attached hydrogens (tertiary/aromatic N) is 4. The number of carbonyl (C=O) groups is 2. The van der Waals surface area contributed by atoms with Gasteiger partial charge in [-0.3, -0.25) is 14.5 Å². The second-order valence-electron chi connectivity index (χ2n) is 9.48.